The van der Waals surface area contributed by atoms with Gasteiger partial charge in [-0.25, -0.2) is 8.42 Å². The van der Waals surface area contributed by atoms with Crippen LogP contribution in [0.4, 0.5) is 0 Å². The van der Waals surface area contributed by atoms with E-state index in [9.17, 15) is 13.2 Å². The molecule has 3 rings (SSSR count). The first-order chi connectivity index (χ1) is 12.4. The maximum absolute atomic E-state index is 13.1. The highest BCUT2D eigenvalue weighted by Gasteiger charge is 2.32. The molecule has 0 bridgehead atoms. The predicted molar refractivity (Wildman–Crippen MR) is 102 cm³/mol. The molecule has 2 fully saturated rings. The third kappa shape index (κ3) is 3.94. The van der Waals surface area contributed by atoms with Gasteiger partial charge >= 0.3 is 0 Å². The lowest BCUT2D eigenvalue weighted by Crippen LogP contribution is -2.42. The first-order valence-corrected chi connectivity index (χ1v) is 11.0. The normalized spacial score (nSPS) is 22.8. The van der Waals surface area contributed by atoms with E-state index in [4.69, 9.17) is 0 Å². The lowest BCUT2D eigenvalue weighted by molar-refractivity contribution is 0.0765. The zero-order valence-electron chi connectivity index (χ0n) is 15.7. The minimum absolute atomic E-state index is 0.00545. The Morgan fingerprint density at radius 1 is 1.12 bits per heavy atom. The van der Waals surface area contributed by atoms with Crippen molar-refractivity contribution < 1.29 is 13.2 Å². The van der Waals surface area contributed by atoms with Crippen molar-refractivity contribution in [1.82, 2.24) is 14.5 Å². The smallest absolute Gasteiger partial charge is 0.254 e. The highest BCUT2D eigenvalue weighted by molar-refractivity contribution is 7.89. The molecule has 1 atom stereocenters. The summed E-state index contributed by atoms with van der Waals surface area (Å²) in [5.74, 6) is -0.0741. The Hall–Kier alpha value is -1.44. The lowest BCUT2D eigenvalue weighted by atomic mass is 10.1. The van der Waals surface area contributed by atoms with E-state index < -0.39 is 10.0 Å². The highest BCUT2D eigenvalue weighted by Crippen LogP contribution is 2.27. The van der Waals surface area contributed by atoms with Crippen molar-refractivity contribution in [3.8, 4) is 0 Å². The molecule has 26 heavy (non-hydrogen) atoms. The van der Waals surface area contributed by atoms with Crippen LogP contribution in [0.1, 0.15) is 48.5 Å². The van der Waals surface area contributed by atoms with Gasteiger partial charge in [-0.2, -0.15) is 4.31 Å². The molecule has 1 amide bonds. The molecule has 2 aliphatic heterocycles. The van der Waals surface area contributed by atoms with Crippen LogP contribution in [-0.4, -0.2) is 62.3 Å². The van der Waals surface area contributed by atoms with Crippen LogP contribution in [0.3, 0.4) is 0 Å². The first-order valence-electron chi connectivity index (χ1n) is 9.54. The number of aryl methyl sites for hydroxylation is 1. The molecule has 0 saturated carbocycles. The third-order valence-corrected chi connectivity index (χ3v) is 7.42. The van der Waals surface area contributed by atoms with E-state index in [1.165, 1.54) is 0 Å². The number of benzene rings is 1. The van der Waals surface area contributed by atoms with E-state index in [0.717, 1.165) is 44.3 Å². The number of nitrogens with one attached hydrogen (secondary N) is 1. The van der Waals surface area contributed by atoms with Crippen LogP contribution in [0.15, 0.2) is 23.1 Å². The van der Waals surface area contributed by atoms with Crippen LogP contribution in [0, 0.1) is 6.92 Å². The Balaban J connectivity index is 1.90. The van der Waals surface area contributed by atoms with Gasteiger partial charge in [-0.3, -0.25) is 4.79 Å². The molecule has 0 aromatic heterocycles. The quantitative estimate of drug-likeness (QED) is 0.872. The van der Waals surface area contributed by atoms with Crippen LogP contribution in [0.5, 0.6) is 0 Å². The van der Waals surface area contributed by atoms with Crippen LogP contribution < -0.4 is 5.32 Å². The minimum Gasteiger partial charge on any atom is -0.337 e. The Labute approximate surface area is 156 Å². The minimum atomic E-state index is -3.57. The van der Waals surface area contributed by atoms with Gasteiger partial charge in [0.1, 0.15) is 0 Å². The molecule has 2 heterocycles. The monoisotopic (exact) mass is 379 g/mol. The lowest BCUT2D eigenvalue weighted by Gasteiger charge is -2.32. The van der Waals surface area contributed by atoms with Gasteiger partial charge in [0, 0.05) is 37.8 Å². The number of carbonyl (C=O) groups excluding carboxylic acids is 1. The van der Waals surface area contributed by atoms with Crippen molar-refractivity contribution in [1.29, 1.82) is 0 Å². The molecule has 0 radical (unpaired) electrons. The van der Waals surface area contributed by atoms with E-state index in [0.29, 0.717) is 25.2 Å². The molecular formula is C19H29N3O3S. The number of sulfonamides is 1. The zero-order chi connectivity index (χ0) is 18.7. The van der Waals surface area contributed by atoms with Gasteiger partial charge in [0.05, 0.1) is 4.90 Å². The van der Waals surface area contributed by atoms with Crippen molar-refractivity contribution in [3.05, 3.63) is 29.3 Å². The molecular weight excluding hydrogens is 350 g/mol. The first kappa shape index (κ1) is 19.3. The Bertz CT molecular complexity index is 755. The van der Waals surface area contributed by atoms with Crippen LogP contribution in [0.25, 0.3) is 0 Å². The Morgan fingerprint density at radius 3 is 2.69 bits per heavy atom. The topological polar surface area (TPSA) is 69.7 Å². The van der Waals surface area contributed by atoms with Gasteiger partial charge in [-0.1, -0.05) is 12.5 Å². The number of hydrogen-bond acceptors (Lipinski definition) is 4. The highest BCUT2D eigenvalue weighted by atomic mass is 32.2. The summed E-state index contributed by atoms with van der Waals surface area (Å²) in [4.78, 5) is 15.0. The fourth-order valence-electron chi connectivity index (χ4n) is 3.78. The molecule has 1 unspecified atom stereocenters. The fraction of sp³-hybridized carbons (Fsp3) is 0.632. The molecule has 2 saturated heterocycles. The van der Waals surface area contributed by atoms with Crippen molar-refractivity contribution in [3.63, 3.8) is 0 Å². The van der Waals surface area contributed by atoms with Gasteiger partial charge in [0.25, 0.3) is 5.91 Å². The Morgan fingerprint density at radius 2 is 1.92 bits per heavy atom. The predicted octanol–water partition coefficient (Wildman–Crippen LogP) is 1.99. The van der Waals surface area contributed by atoms with Crippen molar-refractivity contribution >= 4 is 15.9 Å². The number of hydrogen-bond donors (Lipinski definition) is 1. The van der Waals surface area contributed by atoms with E-state index in [2.05, 4.69) is 5.32 Å². The number of piperidine rings is 1. The van der Waals surface area contributed by atoms with Crippen LogP contribution >= 0.6 is 0 Å². The van der Waals surface area contributed by atoms with Crippen molar-refractivity contribution in [2.24, 2.45) is 0 Å². The van der Waals surface area contributed by atoms with E-state index in [-0.39, 0.29) is 16.8 Å². The summed E-state index contributed by atoms with van der Waals surface area (Å²) in [6, 6.07) is 4.97. The van der Waals surface area contributed by atoms with Crippen molar-refractivity contribution in [2.45, 2.75) is 50.5 Å². The summed E-state index contributed by atoms with van der Waals surface area (Å²) >= 11 is 0. The molecule has 0 spiro atoms. The number of amides is 1. The summed E-state index contributed by atoms with van der Waals surface area (Å²) < 4.78 is 27.8. The largest absolute Gasteiger partial charge is 0.337 e. The molecule has 2 aliphatic rings. The van der Waals surface area contributed by atoms with Gasteiger partial charge in [-0.05, 0) is 57.4 Å². The average Bonchev–Trinajstić information content (AvgIpc) is 2.91. The van der Waals surface area contributed by atoms with Gasteiger partial charge in [-0.15, -0.1) is 0 Å². The molecule has 1 aromatic carbocycles. The SMILES string of the molecule is Cc1ccc(S(=O)(=O)N2CCCCC2C)cc1C(=O)N1CCCNCC1. The van der Waals surface area contributed by atoms with E-state index >= 15 is 0 Å². The second-order valence-corrected chi connectivity index (χ2v) is 9.22. The summed E-state index contributed by atoms with van der Waals surface area (Å²) in [6.07, 6.45) is 3.75. The standard InChI is InChI=1S/C19H29N3O3S/c1-15-7-8-17(26(24,25)22-12-4-3-6-16(22)2)14-18(15)19(23)21-11-5-9-20-10-13-21/h7-8,14,16,20H,3-6,9-13H2,1-2H3. The Kier molecular flexibility index (Phi) is 5.99. The molecule has 1 aromatic rings. The summed E-state index contributed by atoms with van der Waals surface area (Å²) in [6.45, 7) is 7.41. The summed E-state index contributed by atoms with van der Waals surface area (Å²) in [5.41, 5.74) is 1.32. The van der Waals surface area contributed by atoms with Gasteiger partial charge < -0.3 is 10.2 Å². The molecule has 6 nitrogen and oxygen atoms in total. The summed E-state index contributed by atoms with van der Waals surface area (Å²) in [7, 11) is -3.57. The second-order valence-electron chi connectivity index (χ2n) is 7.33. The van der Waals surface area contributed by atoms with Crippen LogP contribution in [0.2, 0.25) is 0 Å². The van der Waals surface area contributed by atoms with Crippen molar-refractivity contribution in [2.75, 3.05) is 32.7 Å². The summed E-state index contributed by atoms with van der Waals surface area (Å²) in [5, 5.41) is 3.29. The maximum Gasteiger partial charge on any atom is 0.254 e. The van der Waals surface area contributed by atoms with Gasteiger partial charge in [0.2, 0.25) is 10.0 Å². The van der Waals surface area contributed by atoms with E-state index in [1.54, 1.807) is 22.5 Å². The zero-order valence-corrected chi connectivity index (χ0v) is 16.5. The fourth-order valence-corrected chi connectivity index (χ4v) is 5.50. The van der Waals surface area contributed by atoms with E-state index in [1.807, 2.05) is 18.7 Å². The number of nitrogens with zero attached hydrogens (tertiary/aromatic N) is 2. The number of rotatable bonds is 3. The molecule has 7 heteroatoms. The maximum atomic E-state index is 13.1. The van der Waals surface area contributed by atoms with Gasteiger partial charge in [0.15, 0.2) is 0 Å². The molecule has 144 valence electrons. The molecule has 1 N–H and O–H groups in total. The molecule has 0 aliphatic carbocycles. The average molecular weight is 380 g/mol. The van der Waals surface area contributed by atoms with Crippen LogP contribution in [-0.2, 0) is 10.0 Å². The third-order valence-electron chi connectivity index (χ3n) is 5.42. The number of carbonyl (C=O) groups is 1. The second kappa shape index (κ2) is 8.06.